The Bertz CT molecular complexity index is 578. The van der Waals surface area contributed by atoms with Crippen LogP contribution in [-0.4, -0.2) is 20.2 Å². The zero-order valence-corrected chi connectivity index (χ0v) is 9.49. The van der Waals surface area contributed by atoms with E-state index in [2.05, 4.69) is 4.74 Å². The lowest BCUT2D eigenvalue weighted by Crippen LogP contribution is -2.01. The van der Waals surface area contributed by atoms with Gasteiger partial charge in [-0.3, -0.25) is 0 Å². The molecule has 0 aliphatic carbocycles. The van der Waals surface area contributed by atoms with E-state index < -0.39 is 5.97 Å². The van der Waals surface area contributed by atoms with Gasteiger partial charge in [0.1, 0.15) is 11.6 Å². The first-order valence-corrected chi connectivity index (χ1v) is 5.01. The highest BCUT2D eigenvalue weighted by Gasteiger charge is 2.11. The second-order valence-electron chi connectivity index (χ2n) is 3.54. The molecule has 4 heteroatoms. The van der Waals surface area contributed by atoms with Crippen LogP contribution in [0.4, 0.5) is 4.39 Å². The molecule has 0 radical (unpaired) electrons. The Labute approximate surface area is 97.8 Å². The summed E-state index contributed by atoms with van der Waals surface area (Å²) in [6.07, 6.45) is 0. The van der Waals surface area contributed by atoms with E-state index in [-0.39, 0.29) is 5.82 Å². The van der Waals surface area contributed by atoms with Gasteiger partial charge in [0.25, 0.3) is 0 Å². The summed E-state index contributed by atoms with van der Waals surface area (Å²) in [6.45, 7) is 0. The van der Waals surface area contributed by atoms with Crippen molar-refractivity contribution in [1.29, 1.82) is 0 Å². The zero-order valence-electron chi connectivity index (χ0n) is 9.49. The normalized spacial score (nSPS) is 10.3. The molecule has 88 valence electrons. The van der Waals surface area contributed by atoms with Crippen LogP contribution in [0.5, 0.6) is 5.75 Å². The Morgan fingerprint density at radius 1 is 1.18 bits per heavy atom. The third-order valence-electron chi connectivity index (χ3n) is 2.52. The summed E-state index contributed by atoms with van der Waals surface area (Å²) in [5.41, 5.74) is 0.378. The van der Waals surface area contributed by atoms with Crippen molar-refractivity contribution in [2.45, 2.75) is 0 Å². The SMILES string of the molecule is COC(=O)c1cc(OC)c2cc(F)ccc2c1. The average molecular weight is 234 g/mol. The van der Waals surface area contributed by atoms with Crippen molar-refractivity contribution < 1.29 is 18.7 Å². The van der Waals surface area contributed by atoms with Gasteiger partial charge >= 0.3 is 5.97 Å². The minimum atomic E-state index is -0.450. The quantitative estimate of drug-likeness (QED) is 0.749. The summed E-state index contributed by atoms with van der Waals surface area (Å²) >= 11 is 0. The molecule has 0 spiro atoms. The molecular weight excluding hydrogens is 223 g/mol. The first-order valence-electron chi connectivity index (χ1n) is 5.01. The largest absolute Gasteiger partial charge is 0.496 e. The molecular formula is C13H11FO3. The van der Waals surface area contributed by atoms with E-state index in [4.69, 9.17) is 4.74 Å². The number of ether oxygens (including phenoxy) is 2. The number of benzene rings is 2. The lowest BCUT2D eigenvalue weighted by Gasteiger charge is -2.08. The Morgan fingerprint density at radius 2 is 1.94 bits per heavy atom. The summed E-state index contributed by atoms with van der Waals surface area (Å²) in [6, 6.07) is 7.48. The van der Waals surface area contributed by atoms with Crippen molar-refractivity contribution in [3.8, 4) is 5.75 Å². The lowest BCUT2D eigenvalue weighted by atomic mass is 10.1. The van der Waals surface area contributed by atoms with E-state index in [0.29, 0.717) is 16.7 Å². The topological polar surface area (TPSA) is 35.5 Å². The van der Waals surface area contributed by atoms with E-state index in [1.165, 1.54) is 32.4 Å². The van der Waals surface area contributed by atoms with Crippen LogP contribution in [0.25, 0.3) is 10.8 Å². The summed E-state index contributed by atoms with van der Waals surface area (Å²) in [5, 5.41) is 1.35. The number of hydrogen-bond acceptors (Lipinski definition) is 3. The predicted molar refractivity (Wildman–Crippen MR) is 61.8 cm³/mol. The Morgan fingerprint density at radius 3 is 2.59 bits per heavy atom. The highest BCUT2D eigenvalue weighted by Crippen LogP contribution is 2.28. The highest BCUT2D eigenvalue weighted by molar-refractivity contribution is 5.98. The minimum absolute atomic E-state index is 0.346. The second-order valence-corrected chi connectivity index (χ2v) is 3.54. The summed E-state index contributed by atoms with van der Waals surface area (Å²) < 4.78 is 22.9. The van der Waals surface area contributed by atoms with Gasteiger partial charge < -0.3 is 9.47 Å². The van der Waals surface area contributed by atoms with Crippen LogP contribution in [0.3, 0.4) is 0 Å². The standard InChI is InChI=1S/C13H11FO3/c1-16-12-6-9(13(15)17-2)5-8-3-4-10(14)7-11(8)12/h3-7H,1-2H3. The molecule has 3 nitrogen and oxygen atoms in total. The van der Waals surface area contributed by atoms with Crippen molar-refractivity contribution in [2.75, 3.05) is 14.2 Å². The molecule has 2 aromatic carbocycles. The maximum absolute atomic E-state index is 13.1. The fourth-order valence-electron chi connectivity index (χ4n) is 1.70. The third kappa shape index (κ3) is 2.06. The van der Waals surface area contributed by atoms with Crippen molar-refractivity contribution in [3.63, 3.8) is 0 Å². The van der Waals surface area contributed by atoms with E-state index in [1.54, 1.807) is 12.1 Å². The third-order valence-corrected chi connectivity index (χ3v) is 2.52. The highest BCUT2D eigenvalue weighted by atomic mass is 19.1. The predicted octanol–water partition coefficient (Wildman–Crippen LogP) is 2.77. The van der Waals surface area contributed by atoms with Crippen LogP contribution in [0.1, 0.15) is 10.4 Å². The monoisotopic (exact) mass is 234 g/mol. The van der Waals surface area contributed by atoms with Gasteiger partial charge in [-0.2, -0.15) is 0 Å². The van der Waals surface area contributed by atoms with Gasteiger partial charge in [0.05, 0.1) is 19.8 Å². The molecule has 0 unspecified atom stereocenters. The van der Waals surface area contributed by atoms with Crippen molar-refractivity contribution in [2.24, 2.45) is 0 Å². The zero-order chi connectivity index (χ0) is 12.4. The summed E-state index contributed by atoms with van der Waals surface area (Å²) in [5.74, 6) is -0.349. The molecule has 0 fully saturated rings. The maximum atomic E-state index is 13.1. The molecule has 2 aromatic rings. The molecule has 0 bridgehead atoms. The first kappa shape index (κ1) is 11.4. The minimum Gasteiger partial charge on any atom is -0.496 e. The molecule has 0 N–H and O–H groups in total. The van der Waals surface area contributed by atoms with E-state index in [0.717, 1.165) is 5.39 Å². The van der Waals surface area contributed by atoms with Crippen LogP contribution in [0.2, 0.25) is 0 Å². The van der Waals surface area contributed by atoms with E-state index in [9.17, 15) is 9.18 Å². The molecule has 0 saturated heterocycles. The van der Waals surface area contributed by atoms with Crippen LogP contribution in [-0.2, 0) is 4.74 Å². The Balaban J connectivity index is 2.70. The maximum Gasteiger partial charge on any atom is 0.338 e. The molecule has 0 atom stereocenters. The van der Waals surface area contributed by atoms with Gasteiger partial charge in [0.15, 0.2) is 0 Å². The van der Waals surface area contributed by atoms with Gasteiger partial charge in [-0.1, -0.05) is 6.07 Å². The fourth-order valence-corrected chi connectivity index (χ4v) is 1.70. The van der Waals surface area contributed by atoms with Crippen molar-refractivity contribution in [3.05, 3.63) is 41.7 Å². The molecule has 0 amide bonds. The molecule has 0 saturated carbocycles. The van der Waals surface area contributed by atoms with Gasteiger partial charge in [-0.15, -0.1) is 0 Å². The Hall–Kier alpha value is -2.10. The molecule has 0 aliphatic rings. The molecule has 17 heavy (non-hydrogen) atoms. The summed E-state index contributed by atoms with van der Waals surface area (Å²) in [7, 11) is 2.78. The number of methoxy groups -OCH3 is 2. The lowest BCUT2D eigenvalue weighted by molar-refractivity contribution is 0.0600. The number of fused-ring (bicyclic) bond motifs is 1. The molecule has 2 rings (SSSR count). The molecule has 0 aliphatic heterocycles. The number of esters is 1. The van der Waals surface area contributed by atoms with Crippen molar-refractivity contribution >= 4 is 16.7 Å². The number of halogens is 1. The van der Waals surface area contributed by atoms with E-state index >= 15 is 0 Å². The first-order chi connectivity index (χ1) is 8.15. The smallest absolute Gasteiger partial charge is 0.338 e. The van der Waals surface area contributed by atoms with Gasteiger partial charge in [-0.05, 0) is 29.7 Å². The van der Waals surface area contributed by atoms with E-state index in [1.807, 2.05) is 0 Å². The summed E-state index contributed by atoms with van der Waals surface area (Å²) in [4.78, 5) is 11.4. The average Bonchev–Trinajstić information content (AvgIpc) is 2.36. The van der Waals surface area contributed by atoms with Gasteiger partial charge in [-0.25, -0.2) is 9.18 Å². The second kappa shape index (κ2) is 4.41. The number of rotatable bonds is 2. The van der Waals surface area contributed by atoms with Crippen LogP contribution < -0.4 is 4.74 Å². The number of carbonyl (C=O) groups is 1. The van der Waals surface area contributed by atoms with Gasteiger partial charge in [0, 0.05) is 5.39 Å². The number of carbonyl (C=O) groups excluding carboxylic acids is 1. The van der Waals surface area contributed by atoms with Crippen LogP contribution >= 0.6 is 0 Å². The van der Waals surface area contributed by atoms with Crippen LogP contribution in [0, 0.1) is 5.82 Å². The fraction of sp³-hybridized carbons (Fsp3) is 0.154. The Kier molecular flexibility index (Phi) is 2.95. The van der Waals surface area contributed by atoms with Crippen molar-refractivity contribution in [1.82, 2.24) is 0 Å². The van der Waals surface area contributed by atoms with Gasteiger partial charge in [0.2, 0.25) is 0 Å². The molecule has 0 heterocycles. The molecule has 0 aromatic heterocycles. The van der Waals surface area contributed by atoms with Crippen LogP contribution in [0.15, 0.2) is 30.3 Å². The number of hydrogen-bond donors (Lipinski definition) is 0.